The number of carbonyl (C=O) groups excluding carboxylic acids is 1. The molecule has 0 radical (unpaired) electrons. The number of nitrogens with one attached hydrogen (secondary N) is 2. The number of benzene rings is 1. The third-order valence-corrected chi connectivity index (χ3v) is 3.55. The second kappa shape index (κ2) is 3.70. The van der Waals surface area contributed by atoms with E-state index in [0.29, 0.717) is 0 Å². The lowest BCUT2D eigenvalue weighted by Gasteiger charge is -2.14. The first-order chi connectivity index (χ1) is 8.88. The van der Waals surface area contributed by atoms with Gasteiger partial charge in [-0.1, -0.05) is 5.57 Å². The molecule has 4 heteroatoms. The second-order valence-corrected chi connectivity index (χ2v) is 5.84. The number of aromatic amines is 1. The Morgan fingerprint density at radius 2 is 2.05 bits per heavy atom. The van der Waals surface area contributed by atoms with Crippen molar-refractivity contribution in [1.82, 2.24) is 9.97 Å². The Labute approximate surface area is 111 Å². The summed E-state index contributed by atoms with van der Waals surface area (Å²) in [6.07, 6.45) is 2.01. The quantitative estimate of drug-likeness (QED) is 0.822. The number of nitrogens with zero attached hydrogens (tertiary/aromatic N) is 1. The van der Waals surface area contributed by atoms with Crippen LogP contribution in [-0.2, 0) is 10.2 Å². The molecule has 2 heterocycles. The number of amides is 1. The molecule has 98 valence electrons. The van der Waals surface area contributed by atoms with Gasteiger partial charge in [-0.25, -0.2) is 4.98 Å². The number of hydrogen-bond donors (Lipinski definition) is 2. The van der Waals surface area contributed by atoms with E-state index in [4.69, 9.17) is 0 Å². The Kier molecular flexibility index (Phi) is 2.33. The van der Waals surface area contributed by atoms with Crippen LogP contribution in [-0.4, -0.2) is 15.9 Å². The van der Waals surface area contributed by atoms with E-state index in [0.717, 1.165) is 28.1 Å². The first-order valence-corrected chi connectivity index (χ1v) is 6.38. The summed E-state index contributed by atoms with van der Waals surface area (Å²) in [5.41, 5.74) is 4.45. The lowest BCUT2D eigenvalue weighted by molar-refractivity contribution is -0.119. The van der Waals surface area contributed by atoms with Crippen molar-refractivity contribution in [2.45, 2.75) is 33.1 Å². The fourth-order valence-corrected chi connectivity index (χ4v) is 2.44. The van der Waals surface area contributed by atoms with Crippen LogP contribution in [0, 0.1) is 0 Å². The Hall–Kier alpha value is -2.10. The highest BCUT2D eigenvalue weighted by atomic mass is 16.2. The van der Waals surface area contributed by atoms with E-state index in [1.807, 2.05) is 45.9 Å². The van der Waals surface area contributed by atoms with Crippen LogP contribution >= 0.6 is 0 Å². The smallest absolute Gasteiger partial charge is 0.234 e. The summed E-state index contributed by atoms with van der Waals surface area (Å²) in [6.45, 7) is 7.94. The minimum absolute atomic E-state index is 0.0414. The van der Waals surface area contributed by atoms with Crippen molar-refractivity contribution in [3.8, 4) is 0 Å². The minimum Gasteiger partial charge on any atom is -0.338 e. The predicted molar refractivity (Wildman–Crippen MR) is 77.1 cm³/mol. The van der Waals surface area contributed by atoms with E-state index in [-0.39, 0.29) is 5.91 Å². The zero-order valence-electron chi connectivity index (χ0n) is 11.6. The van der Waals surface area contributed by atoms with Gasteiger partial charge in [-0.05, 0) is 51.5 Å². The van der Waals surface area contributed by atoms with Gasteiger partial charge in [-0.2, -0.15) is 0 Å². The van der Waals surface area contributed by atoms with E-state index in [1.165, 1.54) is 5.57 Å². The van der Waals surface area contributed by atoms with Crippen LogP contribution in [0.2, 0.25) is 0 Å². The van der Waals surface area contributed by atoms with Gasteiger partial charge in [0.15, 0.2) is 0 Å². The largest absolute Gasteiger partial charge is 0.338 e. The van der Waals surface area contributed by atoms with Crippen LogP contribution < -0.4 is 5.32 Å². The van der Waals surface area contributed by atoms with Crippen molar-refractivity contribution >= 4 is 28.7 Å². The highest BCUT2D eigenvalue weighted by Crippen LogP contribution is 2.39. The topological polar surface area (TPSA) is 57.8 Å². The first-order valence-electron chi connectivity index (χ1n) is 6.38. The maximum atomic E-state index is 11.9. The lowest BCUT2D eigenvalue weighted by Crippen LogP contribution is -2.26. The zero-order valence-corrected chi connectivity index (χ0v) is 11.6. The van der Waals surface area contributed by atoms with Gasteiger partial charge in [-0.3, -0.25) is 4.79 Å². The molecule has 1 aliphatic rings. The van der Waals surface area contributed by atoms with Gasteiger partial charge in [0.1, 0.15) is 5.82 Å². The van der Waals surface area contributed by atoms with Crippen LogP contribution in [0.15, 0.2) is 17.7 Å². The fourth-order valence-electron chi connectivity index (χ4n) is 2.44. The normalized spacial score (nSPS) is 16.3. The number of fused-ring (bicyclic) bond motifs is 2. The predicted octanol–water partition coefficient (Wildman–Crippen LogP) is 3.22. The van der Waals surface area contributed by atoms with Crippen LogP contribution in [0.3, 0.4) is 0 Å². The third kappa shape index (κ3) is 1.75. The van der Waals surface area contributed by atoms with Crippen molar-refractivity contribution in [2.75, 3.05) is 5.32 Å². The maximum Gasteiger partial charge on any atom is 0.234 e. The minimum atomic E-state index is -0.487. The standard InChI is InChI=1S/C15H17N3O/c1-8(2)5-13-16-11-6-9-10(7-12(11)17-13)18-14(19)15(9,3)4/h5-7H,1-4H3,(H,16,17)(H,18,19). The summed E-state index contributed by atoms with van der Waals surface area (Å²) in [7, 11) is 0. The summed E-state index contributed by atoms with van der Waals surface area (Å²) in [6, 6.07) is 3.97. The van der Waals surface area contributed by atoms with Crippen molar-refractivity contribution in [1.29, 1.82) is 0 Å². The molecule has 19 heavy (non-hydrogen) atoms. The molecule has 0 saturated carbocycles. The van der Waals surface area contributed by atoms with Crippen molar-refractivity contribution in [3.63, 3.8) is 0 Å². The molecular weight excluding hydrogens is 238 g/mol. The van der Waals surface area contributed by atoms with Crippen molar-refractivity contribution < 1.29 is 4.79 Å². The van der Waals surface area contributed by atoms with Crippen LogP contribution in [0.5, 0.6) is 0 Å². The number of hydrogen-bond acceptors (Lipinski definition) is 2. The molecule has 1 aliphatic heterocycles. The van der Waals surface area contributed by atoms with E-state index >= 15 is 0 Å². The number of rotatable bonds is 1. The molecule has 0 bridgehead atoms. The summed E-state index contributed by atoms with van der Waals surface area (Å²) in [5.74, 6) is 0.891. The van der Waals surface area contributed by atoms with Crippen molar-refractivity contribution in [3.05, 3.63) is 29.1 Å². The molecule has 0 unspecified atom stereocenters. The van der Waals surface area contributed by atoms with Crippen LogP contribution in [0.25, 0.3) is 17.1 Å². The molecule has 0 atom stereocenters. The molecule has 2 N–H and O–H groups in total. The Bertz CT molecular complexity index is 718. The van der Waals surface area contributed by atoms with Gasteiger partial charge in [0, 0.05) is 5.69 Å². The monoisotopic (exact) mass is 255 g/mol. The highest BCUT2D eigenvalue weighted by Gasteiger charge is 2.38. The number of anilines is 1. The van der Waals surface area contributed by atoms with E-state index < -0.39 is 5.41 Å². The highest BCUT2D eigenvalue weighted by molar-refractivity contribution is 6.07. The molecule has 0 spiro atoms. The van der Waals surface area contributed by atoms with Gasteiger partial charge < -0.3 is 10.3 Å². The second-order valence-electron chi connectivity index (χ2n) is 5.84. The van der Waals surface area contributed by atoms with E-state index in [2.05, 4.69) is 15.3 Å². The molecule has 1 aromatic carbocycles. The van der Waals surface area contributed by atoms with Gasteiger partial charge >= 0.3 is 0 Å². The Morgan fingerprint density at radius 3 is 2.74 bits per heavy atom. The number of imidazole rings is 1. The fraction of sp³-hybridized carbons (Fsp3) is 0.333. The van der Waals surface area contributed by atoms with E-state index in [9.17, 15) is 4.79 Å². The lowest BCUT2D eigenvalue weighted by atomic mass is 9.86. The average molecular weight is 255 g/mol. The van der Waals surface area contributed by atoms with Crippen LogP contribution in [0.4, 0.5) is 5.69 Å². The van der Waals surface area contributed by atoms with Gasteiger partial charge in [0.2, 0.25) is 5.91 Å². The molecule has 0 fully saturated rings. The van der Waals surface area contributed by atoms with Gasteiger partial charge in [0.25, 0.3) is 0 Å². The number of allylic oxidation sites excluding steroid dienone is 1. The van der Waals surface area contributed by atoms with E-state index in [1.54, 1.807) is 0 Å². The molecule has 0 aliphatic carbocycles. The molecule has 0 saturated heterocycles. The Balaban J connectivity index is 2.19. The molecular formula is C15H17N3O. The molecule has 3 rings (SSSR count). The van der Waals surface area contributed by atoms with Gasteiger partial charge in [-0.15, -0.1) is 0 Å². The molecule has 1 aromatic heterocycles. The van der Waals surface area contributed by atoms with Crippen molar-refractivity contribution in [2.24, 2.45) is 0 Å². The number of H-pyrrole nitrogens is 1. The summed E-state index contributed by atoms with van der Waals surface area (Å²) < 4.78 is 0. The maximum absolute atomic E-state index is 11.9. The Morgan fingerprint density at radius 1 is 1.32 bits per heavy atom. The number of carbonyl (C=O) groups is 1. The summed E-state index contributed by atoms with van der Waals surface area (Å²) in [4.78, 5) is 19.7. The summed E-state index contributed by atoms with van der Waals surface area (Å²) >= 11 is 0. The zero-order chi connectivity index (χ0) is 13.8. The molecule has 2 aromatic rings. The van der Waals surface area contributed by atoms with Gasteiger partial charge in [0.05, 0.1) is 16.4 Å². The van der Waals surface area contributed by atoms with Crippen LogP contribution in [0.1, 0.15) is 39.1 Å². The molecule has 4 nitrogen and oxygen atoms in total. The SMILES string of the molecule is CC(C)=Cc1nc2cc3c(cc2[nH]1)NC(=O)C3(C)C. The first kappa shape index (κ1) is 12.0. The third-order valence-electron chi connectivity index (χ3n) is 3.55. The average Bonchev–Trinajstić information content (AvgIpc) is 2.76. The number of aromatic nitrogens is 2. The molecule has 1 amide bonds. The summed E-state index contributed by atoms with van der Waals surface area (Å²) in [5, 5.41) is 2.93.